The van der Waals surface area contributed by atoms with Crippen molar-refractivity contribution in [3.63, 3.8) is 0 Å². The van der Waals surface area contributed by atoms with Crippen molar-refractivity contribution in [3.05, 3.63) is 71.7 Å². The predicted molar refractivity (Wildman–Crippen MR) is 118 cm³/mol. The van der Waals surface area contributed by atoms with Gasteiger partial charge >= 0.3 is 6.18 Å². The second-order valence-electron chi connectivity index (χ2n) is 8.87. The number of nitrogens with zero attached hydrogens (tertiary/aromatic N) is 4. The number of halogens is 3. The molecule has 2 saturated heterocycles. The number of carbonyl (C=O) groups excluding carboxylic acids is 1. The molecule has 3 atom stereocenters. The molecule has 9 heteroatoms. The second-order valence-corrected chi connectivity index (χ2v) is 8.87. The number of carbonyl (C=O) groups is 1. The molecule has 3 fully saturated rings. The molecule has 176 valence electrons. The van der Waals surface area contributed by atoms with Gasteiger partial charge in [0, 0.05) is 31.2 Å². The number of pyridine rings is 3. The molecule has 3 aliphatic rings. The summed E-state index contributed by atoms with van der Waals surface area (Å²) in [5.41, 5.74) is 1.68. The lowest BCUT2D eigenvalue weighted by Crippen LogP contribution is -2.59. The molecule has 0 spiro atoms. The smallest absolute Gasteiger partial charge is 0.417 e. The van der Waals surface area contributed by atoms with Gasteiger partial charge in [-0.25, -0.2) is 4.98 Å². The molecule has 0 aromatic carbocycles. The summed E-state index contributed by atoms with van der Waals surface area (Å²) in [7, 11) is 0. The van der Waals surface area contributed by atoms with Crippen LogP contribution in [0.5, 0.6) is 5.88 Å². The summed E-state index contributed by atoms with van der Waals surface area (Å²) in [5, 5.41) is 0. The zero-order chi connectivity index (χ0) is 23.9. The Bertz CT molecular complexity index is 1190. The number of rotatable bonds is 4. The van der Waals surface area contributed by atoms with Crippen LogP contribution in [0.25, 0.3) is 11.4 Å². The lowest BCUT2D eigenvalue weighted by atomic mass is 9.77. The molecular formula is C25H23F3N4O2. The van der Waals surface area contributed by atoms with E-state index >= 15 is 0 Å². The van der Waals surface area contributed by atoms with Crippen LogP contribution in [0.1, 0.15) is 40.7 Å². The third-order valence-corrected chi connectivity index (χ3v) is 6.48. The van der Waals surface area contributed by atoms with Gasteiger partial charge in [-0.15, -0.1) is 0 Å². The van der Waals surface area contributed by atoms with E-state index in [0.29, 0.717) is 23.5 Å². The number of aromatic nitrogens is 3. The molecule has 6 nitrogen and oxygen atoms in total. The Kier molecular flexibility index (Phi) is 5.71. The first-order chi connectivity index (χ1) is 16.3. The first kappa shape index (κ1) is 22.3. The fourth-order valence-electron chi connectivity index (χ4n) is 4.86. The first-order valence-corrected chi connectivity index (χ1v) is 11.2. The van der Waals surface area contributed by atoms with Gasteiger partial charge in [0.15, 0.2) is 0 Å². The minimum absolute atomic E-state index is 0.129. The Morgan fingerprint density at radius 3 is 2.62 bits per heavy atom. The monoisotopic (exact) mass is 468 g/mol. The van der Waals surface area contributed by atoms with Gasteiger partial charge in [0.1, 0.15) is 11.8 Å². The van der Waals surface area contributed by atoms with Gasteiger partial charge in [-0.05, 0) is 61.9 Å². The standard InChI is InChI=1S/C25H23F3N4O2/c1-15-10-18(23(31-12-15)19-4-2-3-9-29-19)24(33)32-14-16-5-7-20(32)21(11-16)34-22-8-6-17(13-30-22)25(26,27)28/h2-4,6,8-10,12-13,16,20-21H,5,7,11,14H2,1H3/t16?,20-,21+/m0/s1. The quantitative estimate of drug-likeness (QED) is 0.543. The van der Waals surface area contributed by atoms with Gasteiger partial charge < -0.3 is 9.64 Å². The van der Waals surface area contributed by atoms with E-state index < -0.39 is 11.7 Å². The molecular weight excluding hydrogens is 445 g/mol. The van der Waals surface area contributed by atoms with Crippen molar-refractivity contribution in [2.24, 2.45) is 5.92 Å². The average molecular weight is 468 g/mol. The zero-order valence-electron chi connectivity index (χ0n) is 18.5. The summed E-state index contributed by atoms with van der Waals surface area (Å²) in [4.78, 5) is 28.3. The molecule has 0 N–H and O–H groups in total. The molecule has 2 aliphatic heterocycles. The Labute approximate surface area is 194 Å². The molecule has 2 bridgehead atoms. The Morgan fingerprint density at radius 1 is 1.09 bits per heavy atom. The van der Waals surface area contributed by atoms with E-state index in [9.17, 15) is 18.0 Å². The summed E-state index contributed by atoms with van der Waals surface area (Å²) < 4.78 is 44.6. The second kappa shape index (κ2) is 8.70. The van der Waals surface area contributed by atoms with Crippen molar-refractivity contribution >= 4 is 5.91 Å². The zero-order valence-corrected chi connectivity index (χ0v) is 18.5. The van der Waals surface area contributed by atoms with Gasteiger partial charge in [0.2, 0.25) is 5.88 Å². The normalized spacial score (nSPS) is 22.0. The van der Waals surface area contributed by atoms with Crippen LogP contribution in [0.15, 0.2) is 55.0 Å². The van der Waals surface area contributed by atoms with Crippen molar-refractivity contribution in [1.82, 2.24) is 19.9 Å². The minimum atomic E-state index is -4.45. The summed E-state index contributed by atoms with van der Waals surface area (Å²) in [6.07, 6.45) is 1.84. The Morgan fingerprint density at radius 2 is 1.94 bits per heavy atom. The number of hydrogen-bond donors (Lipinski definition) is 0. The number of alkyl halides is 3. The first-order valence-electron chi connectivity index (χ1n) is 11.2. The van der Waals surface area contributed by atoms with Crippen molar-refractivity contribution in [1.29, 1.82) is 0 Å². The molecule has 5 heterocycles. The molecule has 3 aromatic rings. The number of fused-ring (bicyclic) bond motifs is 3. The van der Waals surface area contributed by atoms with E-state index in [-0.39, 0.29) is 29.9 Å². The van der Waals surface area contributed by atoms with E-state index in [1.807, 2.05) is 30.0 Å². The largest absolute Gasteiger partial charge is 0.472 e. The highest BCUT2D eigenvalue weighted by Gasteiger charge is 2.45. The van der Waals surface area contributed by atoms with Crippen LogP contribution in [0, 0.1) is 12.8 Å². The highest BCUT2D eigenvalue weighted by atomic mass is 19.4. The molecule has 6 rings (SSSR count). The molecule has 1 amide bonds. The summed E-state index contributed by atoms with van der Waals surface area (Å²) in [5.74, 6) is 0.244. The van der Waals surface area contributed by atoms with Crippen molar-refractivity contribution in [2.75, 3.05) is 6.54 Å². The van der Waals surface area contributed by atoms with Gasteiger partial charge in [0.05, 0.1) is 22.9 Å². The van der Waals surface area contributed by atoms with Crippen LogP contribution >= 0.6 is 0 Å². The van der Waals surface area contributed by atoms with Crippen LogP contribution in [-0.4, -0.2) is 44.4 Å². The van der Waals surface area contributed by atoms with Gasteiger partial charge in [0.25, 0.3) is 5.91 Å². The lowest BCUT2D eigenvalue weighted by Gasteiger charge is -2.49. The van der Waals surface area contributed by atoms with Gasteiger partial charge in [-0.2, -0.15) is 13.2 Å². The average Bonchev–Trinajstić information content (AvgIpc) is 2.84. The number of ether oxygens (including phenoxy) is 1. The summed E-state index contributed by atoms with van der Waals surface area (Å²) in [6.45, 7) is 2.50. The topological polar surface area (TPSA) is 68.2 Å². The summed E-state index contributed by atoms with van der Waals surface area (Å²) >= 11 is 0. The third-order valence-electron chi connectivity index (χ3n) is 6.48. The van der Waals surface area contributed by atoms with Crippen molar-refractivity contribution < 1.29 is 22.7 Å². The molecule has 1 aliphatic carbocycles. The van der Waals surface area contributed by atoms with Gasteiger partial charge in [-0.3, -0.25) is 14.8 Å². The van der Waals surface area contributed by atoms with Crippen LogP contribution in [0.2, 0.25) is 0 Å². The molecule has 1 unspecified atom stereocenters. The number of piperidine rings is 2. The maximum Gasteiger partial charge on any atom is 0.417 e. The highest BCUT2D eigenvalue weighted by molar-refractivity contribution is 6.00. The predicted octanol–water partition coefficient (Wildman–Crippen LogP) is 4.94. The van der Waals surface area contributed by atoms with E-state index in [1.54, 1.807) is 18.5 Å². The molecule has 3 aromatic heterocycles. The third kappa shape index (κ3) is 4.34. The van der Waals surface area contributed by atoms with Gasteiger partial charge in [-0.1, -0.05) is 6.07 Å². The van der Waals surface area contributed by atoms with E-state index in [4.69, 9.17) is 4.74 Å². The SMILES string of the molecule is Cc1cnc(-c2ccccn2)c(C(=O)N2CC3CC[C@H]2[C@H](Oc2ccc(C(F)(F)F)cn2)C3)c1. The molecule has 34 heavy (non-hydrogen) atoms. The minimum Gasteiger partial charge on any atom is -0.472 e. The van der Waals surface area contributed by atoms with Crippen LogP contribution < -0.4 is 4.74 Å². The van der Waals surface area contributed by atoms with E-state index in [2.05, 4.69) is 15.0 Å². The van der Waals surface area contributed by atoms with Crippen LogP contribution in [0.4, 0.5) is 13.2 Å². The van der Waals surface area contributed by atoms with E-state index in [1.165, 1.54) is 6.07 Å². The Balaban J connectivity index is 1.40. The fourth-order valence-corrected chi connectivity index (χ4v) is 4.86. The number of hydrogen-bond acceptors (Lipinski definition) is 5. The maximum atomic E-state index is 13.8. The van der Waals surface area contributed by atoms with Crippen molar-refractivity contribution in [2.45, 2.75) is 44.5 Å². The van der Waals surface area contributed by atoms with E-state index in [0.717, 1.165) is 37.1 Å². The van der Waals surface area contributed by atoms with Crippen LogP contribution in [0.3, 0.4) is 0 Å². The van der Waals surface area contributed by atoms with Crippen LogP contribution in [-0.2, 0) is 6.18 Å². The highest BCUT2D eigenvalue weighted by Crippen LogP contribution is 2.39. The number of aryl methyl sites for hydroxylation is 1. The lowest BCUT2D eigenvalue weighted by molar-refractivity contribution is -0.137. The van der Waals surface area contributed by atoms with Crippen molar-refractivity contribution in [3.8, 4) is 17.3 Å². The fraction of sp³-hybridized carbons (Fsp3) is 0.360. The summed E-state index contributed by atoms with van der Waals surface area (Å²) in [6, 6.07) is 9.30. The molecule has 1 saturated carbocycles. The Hall–Kier alpha value is -3.49. The maximum absolute atomic E-state index is 13.8. The molecule has 0 radical (unpaired) electrons. The number of amides is 1.